The minimum atomic E-state index is -3.38. The molecule has 0 aliphatic rings. The summed E-state index contributed by atoms with van der Waals surface area (Å²) < 4.78 is 26.4. The van der Waals surface area contributed by atoms with Crippen molar-refractivity contribution in [2.75, 3.05) is 11.9 Å². The Morgan fingerprint density at radius 3 is 2.60 bits per heavy atom. The van der Waals surface area contributed by atoms with Crippen molar-refractivity contribution in [2.24, 2.45) is 0 Å². The molecule has 0 aliphatic carbocycles. The lowest BCUT2D eigenvalue weighted by molar-refractivity contribution is 0.581. The SMILES string of the molecule is CCCNS(=O)(=O)c1ccc(NCc2cncs2)cc1. The molecule has 0 amide bonds. The number of nitrogens with one attached hydrogen (secondary N) is 2. The highest BCUT2D eigenvalue weighted by atomic mass is 32.2. The van der Waals surface area contributed by atoms with Gasteiger partial charge in [0.25, 0.3) is 0 Å². The van der Waals surface area contributed by atoms with E-state index in [4.69, 9.17) is 0 Å². The Morgan fingerprint density at radius 2 is 2.00 bits per heavy atom. The quantitative estimate of drug-likeness (QED) is 0.824. The van der Waals surface area contributed by atoms with Crippen LogP contribution in [0.1, 0.15) is 18.2 Å². The van der Waals surface area contributed by atoms with Crippen LogP contribution in [-0.2, 0) is 16.6 Å². The number of anilines is 1. The van der Waals surface area contributed by atoms with Gasteiger partial charge in [-0.2, -0.15) is 0 Å². The Balaban J connectivity index is 1.99. The lowest BCUT2D eigenvalue weighted by Crippen LogP contribution is -2.24. The number of hydrogen-bond donors (Lipinski definition) is 2. The van der Waals surface area contributed by atoms with E-state index < -0.39 is 10.0 Å². The summed E-state index contributed by atoms with van der Waals surface area (Å²) in [5.41, 5.74) is 2.67. The molecule has 0 spiro atoms. The smallest absolute Gasteiger partial charge is 0.240 e. The van der Waals surface area contributed by atoms with Crippen LogP contribution in [0, 0.1) is 0 Å². The number of sulfonamides is 1. The van der Waals surface area contributed by atoms with E-state index in [-0.39, 0.29) is 4.90 Å². The van der Waals surface area contributed by atoms with Gasteiger partial charge >= 0.3 is 0 Å². The van der Waals surface area contributed by atoms with E-state index in [1.54, 1.807) is 41.1 Å². The molecule has 0 atom stereocenters. The third-order valence-electron chi connectivity index (χ3n) is 2.66. The second-order valence-corrected chi connectivity index (χ2v) is 6.98. The zero-order valence-electron chi connectivity index (χ0n) is 11.2. The number of nitrogens with zero attached hydrogens (tertiary/aromatic N) is 1. The molecule has 1 aromatic carbocycles. The molecule has 0 fully saturated rings. The topological polar surface area (TPSA) is 71.1 Å². The molecule has 2 rings (SSSR count). The zero-order valence-corrected chi connectivity index (χ0v) is 12.8. The van der Waals surface area contributed by atoms with Gasteiger partial charge in [0.2, 0.25) is 10.0 Å². The van der Waals surface area contributed by atoms with Crippen molar-refractivity contribution in [3.63, 3.8) is 0 Å². The first-order valence-electron chi connectivity index (χ1n) is 6.33. The van der Waals surface area contributed by atoms with Crippen molar-refractivity contribution in [3.8, 4) is 0 Å². The average molecular weight is 311 g/mol. The molecule has 1 aromatic heterocycles. The molecule has 20 heavy (non-hydrogen) atoms. The molecular formula is C13H17N3O2S2. The molecular weight excluding hydrogens is 294 g/mol. The molecule has 2 N–H and O–H groups in total. The summed E-state index contributed by atoms with van der Waals surface area (Å²) in [7, 11) is -3.38. The molecule has 0 saturated carbocycles. The second-order valence-electron chi connectivity index (χ2n) is 4.24. The molecule has 0 aliphatic heterocycles. The van der Waals surface area contributed by atoms with Gasteiger partial charge in [-0.05, 0) is 30.7 Å². The van der Waals surface area contributed by atoms with Crippen LogP contribution in [0.3, 0.4) is 0 Å². The molecule has 2 aromatic rings. The van der Waals surface area contributed by atoms with Gasteiger partial charge < -0.3 is 5.32 Å². The average Bonchev–Trinajstić information content (AvgIpc) is 2.97. The fourth-order valence-electron chi connectivity index (χ4n) is 1.59. The van der Waals surface area contributed by atoms with Gasteiger partial charge in [0.1, 0.15) is 0 Å². The normalized spacial score (nSPS) is 11.4. The lowest BCUT2D eigenvalue weighted by Gasteiger charge is -2.08. The summed E-state index contributed by atoms with van der Waals surface area (Å²) in [5.74, 6) is 0. The number of aromatic nitrogens is 1. The van der Waals surface area contributed by atoms with E-state index >= 15 is 0 Å². The number of benzene rings is 1. The predicted octanol–water partition coefficient (Wildman–Crippen LogP) is 2.44. The summed E-state index contributed by atoms with van der Waals surface area (Å²) in [5, 5.41) is 3.22. The zero-order chi connectivity index (χ0) is 14.4. The summed E-state index contributed by atoms with van der Waals surface area (Å²) in [6.45, 7) is 3.06. The molecule has 108 valence electrons. The molecule has 5 nitrogen and oxygen atoms in total. The number of hydrogen-bond acceptors (Lipinski definition) is 5. The highest BCUT2D eigenvalue weighted by Gasteiger charge is 2.12. The van der Waals surface area contributed by atoms with Crippen LogP contribution >= 0.6 is 11.3 Å². The highest BCUT2D eigenvalue weighted by Crippen LogP contribution is 2.15. The monoisotopic (exact) mass is 311 g/mol. The van der Waals surface area contributed by atoms with Crippen molar-refractivity contribution in [1.82, 2.24) is 9.71 Å². The third-order valence-corrected chi connectivity index (χ3v) is 4.91. The Labute approximate surface area is 123 Å². The lowest BCUT2D eigenvalue weighted by atomic mass is 10.3. The highest BCUT2D eigenvalue weighted by molar-refractivity contribution is 7.89. The van der Waals surface area contributed by atoms with Crippen LogP contribution in [0.5, 0.6) is 0 Å². The third kappa shape index (κ3) is 4.03. The predicted molar refractivity (Wildman–Crippen MR) is 81.4 cm³/mol. The van der Waals surface area contributed by atoms with Crippen molar-refractivity contribution in [3.05, 3.63) is 40.8 Å². The van der Waals surface area contributed by atoms with Crippen LogP contribution < -0.4 is 10.0 Å². The maximum Gasteiger partial charge on any atom is 0.240 e. The van der Waals surface area contributed by atoms with E-state index in [1.807, 2.05) is 13.1 Å². The van der Waals surface area contributed by atoms with Crippen LogP contribution in [0.25, 0.3) is 0 Å². The van der Waals surface area contributed by atoms with Crippen molar-refractivity contribution >= 4 is 27.0 Å². The fourth-order valence-corrected chi connectivity index (χ4v) is 3.26. The van der Waals surface area contributed by atoms with E-state index in [0.717, 1.165) is 17.0 Å². The van der Waals surface area contributed by atoms with Crippen LogP contribution in [0.4, 0.5) is 5.69 Å². The summed E-state index contributed by atoms with van der Waals surface area (Å²) in [6, 6.07) is 6.74. The minimum Gasteiger partial charge on any atom is -0.380 e. The largest absolute Gasteiger partial charge is 0.380 e. The van der Waals surface area contributed by atoms with E-state index in [9.17, 15) is 8.42 Å². The maximum atomic E-state index is 11.9. The first-order valence-corrected chi connectivity index (χ1v) is 8.69. The number of thiazole rings is 1. The van der Waals surface area contributed by atoms with Gasteiger partial charge in [0, 0.05) is 23.3 Å². The van der Waals surface area contributed by atoms with Crippen LogP contribution in [0.15, 0.2) is 40.9 Å². The van der Waals surface area contributed by atoms with Gasteiger partial charge in [0.05, 0.1) is 17.0 Å². The fraction of sp³-hybridized carbons (Fsp3) is 0.308. The molecule has 1 heterocycles. The summed E-state index contributed by atoms with van der Waals surface area (Å²) >= 11 is 1.58. The van der Waals surface area contributed by atoms with E-state index in [2.05, 4.69) is 15.0 Å². The molecule has 0 bridgehead atoms. The Kier molecular flexibility index (Phi) is 5.11. The Bertz CT molecular complexity index is 622. The Hall–Kier alpha value is -1.44. The summed E-state index contributed by atoms with van der Waals surface area (Å²) in [6.07, 6.45) is 2.58. The molecule has 0 radical (unpaired) electrons. The Morgan fingerprint density at radius 1 is 1.25 bits per heavy atom. The second kappa shape index (κ2) is 6.83. The number of rotatable bonds is 7. The van der Waals surface area contributed by atoms with Crippen molar-refractivity contribution in [2.45, 2.75) is 24.8 Å². The van der Waals surface area contributed by atoms with Gasteiger partial charge in [-0.15, -0.1) is 11.3 Å². The van der Waals surface area contributed by atoms with Gasteiger partial charge in [-0.3, -0.25) is 4.98 Å². The maximum absolute atomic E-state index is 11.9. The summed E-state index contributed by atoms with van der Waals surface area (Å²) in [4.78, 5) is 5.42. The van der Waals surface area contributed by atoms with Gasteiger partial charge in [-0.25, -0.2) is 13.1 Å². The minimum absolute atomic E-state index is 0.286. The van der Waals surface area contributed by atoms with Crippen LogP contribution in [-0.4, -0.2) is 19.9 Å². The first kappa shape index (κ1) is 15.0. The van der Waals surface area contributed by atoms with E-state index in [0.29, 0.717) is 13.1 Å². The first-order chi connectivity index (χ1) is 9.62. The van der Waals surface area contributed by atoms with Crippen molar-refractivity contribution in [1.29, 1.82) is 0 Å². The standard InChI is InChI=1S/C13H17N3O2S2/c1-2-7-16-20(17,18)13-5-3-11(4-6-13)15-9-12-8-14-10-19-12/h3-6,8,10,15-16H,2,7,9H2,1H3. The van der Waals surface area contributed by atoms with E-state index in [1.165, 1.54) is 0 Å². The van der Waals surface area contributed by atoms with Gasteiger partial charge in [-0.1, -0.05) is 6.92 Å². The molecule has 0 unspecified atom stereocenters. The molecule has 7 heteroatoms. The van der Waals surface area contributed by atoms with Crippen LogP contribution in [0.2, 0.25) is 0 Å². The van der Waals surface area contributed by atoms with Crippen molar-refractivity contribution < 1.29 is 8.42 Å². The van der Waals surface area contributed by atoms with Gasteiger partial charge in [0.15, 0.2) is 0 Å². The molecule has 0 saturated heterocycles.